The molecule has 1 N–H and O–H groups in total. The average Bonchev–Trinajstić information content (AvgIpc) is 2.29. The molecule has 0 saturated carbocycles. The van der Waals surface area contributed by atoms with Crippen molar-refractivity contribution >= 4 is 39.9 Å². The molecule has 1 unspecified atom stereocenters. The van der Waals surface area contributed by atoms with Crippen molar-refractivity contribution in [3.05, 3.63) is 62.7 Å². The highest BCUT2D eigenvalue weighted by atomic mass is 127. The second kappa shape index (κ2) is 5.74. The highest BCUT2D eigenvalue weighted by Gasteiger charge is 2.08. The van der Waals surface area contributed by atoms with E-state index in [9.17, 15) is 0 Å². The fraction of sp³-hybridized carbons (Fsp3) is 0.143. The Balaban J connectivity index is 2.17. The highest BCUT2D eigenvalue weighted by molar-refractivity contribution is 14.1. The molecule has 0 aliphatic rings. The van der Waals surface area contributed by atoms with Crippen LogP contribution in [0.2, 0.25) is 5.02 Å². The van der Waals surface area contributed by atoms with E-state index in [1.54, 1.807) is 0 Å². The average molecular weight is 358 g/mol. The maximum atomic E-state index is 6.18. The van der Waals surface area contributed by atoms with Crippen molar-refractivity contribution in [3.8, 4) is 0 Å². The van der Waals surface area contributed by atoms with Crippen molar-refractivity contribution in [1.82, 2.24) is 0 Å². The molecule has 1 nitrogen and oxygen atoms in total. The van der Waals surface area contributed by atoms with Gasteiger partial charge in [0.05, 0.1) is 0 Å². The molecule has 0 bridgehead atoms. The van der Waals surface area contributed by atoms with Crippen molar-refractivity contribution in [2.24, 2.45) is 0 Å². The van der Waals surface area contributed by atoms with E-state index in [-0.39, 0.29) is 6.04 Å². The van der Waals surface area contributed by atoms with Gasteiger partial charge in [0.1, 0.15) is 0 Å². The minimum Gasteiger partial charge on any atom is -0.378 e. The molecule has 0 spiro atoms. The van der Waals surface area contributed by atoms with Crippen molar-refractivity contribution < 1.29 is 0 Å². The van der Waals surface area contributed by atoms with Crippen LogP contribution in [0.15, 0.2) is 48.5 Å². The summed E-state index contributed by atoms with van der Waals surface area (Å²) in [6, 6.07) is 16.4. The van der Waals surface area contributed by atoms with E-state index in [1.807, 2.05) is 30.3 Å². The van der Waals surface area contributed by atoms with Gasteiger partial charge in [0.15, 0.2) is 0 Å². The van der Waals surface area contributed by atoms with Gasteiger partial charge in [-0.25, -0.2) is 0 Å². The summed E-state index contributed by atoms with van der Waals surface area (Å²) < 4.78 is 1.22. The second-order valence-corrected chi connectivity index (χ2v) is 5.55. The Kier molecular flexibility index (Phi) is 4.29. The number of halogens is 2. The predicted molar refractivity (Wildman–Crippen MR) is 82.6 cm³/mol. The lowest BCUT2D eigenvalue weighted by Crippen LogP contribution is -2.07. The molecule has 0 radical (unpaired) electrons. The number of benzene rings is 2. The smallest absolute Gasteiger partial charge is 0.0500 e. The minimum atomic E-state index is 0.196. The monoisotopic (exact) mass is 357 g/mol. The molecule has 0 aliphatic heterocycles. The molecule has 0 heterocycles. The molecule has 0 amide bonds. The molecule has 2 aromatic carbocycles. The fourth-order valence-electron chi connectivity index (χ4n) is 1.73. The summed E-state index contributed by atoms with van der Waals surface area (Å²) in [5.41, 5.74) is 2.23. The molecule has 3 heteroatoms. The highest BCUT2D eigenvalue weighted by Crippen LogP contribution is 2.26. The van der Waals surface area contributed by atoms with Crippen LogP contribution >= 0.6 is 34.2 Å². The number of anilines is 1. The largest absolute Gasteiger partial charge is 0.378 e. The Morgan fingerprint density at radius 1 is 1.12 bits per heavy atom. The van der Waals surface area contributed by atoms with Crippen molar-refractivity contribution in [2.75, 3.05) is 5.32 Å². The zero-order chi connectivity index (χ0) is 12.3. The first-order chi connectivity index (χ1) is 8.16. The van der Waals surface area contributed by atoms with Crippen LogP contribution in [-0.2, 0) is 0 Å². The van der Waals surface area contributed by atoms with Gasteiger partial charge in [0.25, 0.3) is 0 Å². The third-order valence-corrected chi connectivity index (χ3v) is 3.59. The first-order valence-electron chi connectivity index (χ1n) is 5.43. The lowest BCUT2D eigenvalue weighted by Gasteiger charge is -2.17. The quantitative estimate of drug-likeness (QED) is 0.752. The van der Waals surface area contributed by atoms with Crippen molar-refractivity contribution in [2.45, 2.75) is 13.0 Å². The number of hydrogen-bond donors (Lipinski definition) is 1. The van der Waals surface area contributed by atoms with Crippen LogP contribution in [0.25, 0.3) is 0 Å². The Labute approximate surface area is 120 Å². The summed E-state index contributed by atoms with van der Waals surface area (Å²) in [6.07, 6.45) is 0. The van der Waals surface area contributed by atoms with E-state index in [0.717, 1.165) is 16.3 Å². The molecule has 2 rings (SSSR count). The van der Waals surface area contributed by atoms with Crippen LogP contribution in [0.4, 0.5) is 5.69 Å². The topological polar surface area (TPSA) is 12.0 Å². The Hall–Kier alpha value is -0.740. The molecule has 0 aromatic heterocycles. The molecule has 17 heavy (non-hydrogen) atoms. The number of rotatable bonds is 3. The molecule has 0 aliphatic carbocycles. The third kappa shape index (κ3) is 3.36. The van der Waals surface area contributed by atoms with Gasteiger partial charge in [-0.2, -0.15) is 0 Å². The zero-order valence-electron chi connectivity index (χ0n) is 9.45. The van der Waals surface area contributed by atoms with Gasteiger partial charge in [-0.3, -0.25) is 0 Å². The number of nitrogens with one attached hydrogen (secondary N) is 1. The van der Waals surface area contributed by atoms with Crippen LogP contribution in [0.3, 0.4) is 0 Å². The SMILES string of the molecule is CC(Nc1cccc(I)c1)c1ccccc1Cl. The summed E-state index contributed by atoms with van der Waals surface area (Å²) in [6.45, 7) is 2.11. The Bertz CT molecular complexity index is 513. The van der Waals surface area contributed by atoms with Gasteiger partial charge in [-0.1, -0.05) is 35.9 Å². The summed E-state index contributed by atoms with van der Waals surface area (Å²) in [5, 5.41) is 4.25. The van der Waals surface area contributed by atoms with E-state index in [4.69, 9.17) is 11.6 Å². The van der Waals surface area contributed by atoms with Crippen LogP contribution < -0.4 is 5.32 Å². The van der Waals surface area contributed by atoms with Crippen LogP contribution in [0.1, 0.15) is 18.5 Å². The fourth-order valence-corrected chi connectivity index (χ4v) is 2.57. The summed E-state index contributed by atoms with van der Waals surface area (Å²) in [7, 11) is 0. The van der Waals surface area contributed by atoms with Gasteiger partial charge in [-0.15, -0.1) is 0 Å². The van der Waals surface area contributed by atoms with Crippen molar-refractivity contribution in [1.29, 1.82) is 0 Å². The Morgan fingerprint density at radius 3 is 2.59 bits per heavy atom. The van der Waals surface area contributed by atoms with E-state index in [2.05, 4.69) is 53.0 Å². The molecule has 1 atom stereocenters. The predicted octanol–water partition coefficient (Wildman–Crippen LogP) is 5.12. The molecular formula is C14H13ClIN. The second-order valence-electron chi connectivity index (χ2n) is 3.90. The lowest BCUT2D eigenvalue weighted by molar-refractivity contribution is 0.885. The lowest BCUT2D eigenvalue weighted by atomic mass is 10.1. The van der Waals surface area contributed by atoms with Crippen molar-refractivity contribution in [3.63, 3.8) is 0 Å². The van der Waals surface area contributed by atoms with Gasteiger partial charge in [-0.05, 0) is 59.3 Å². The molecule has 2 aromatic rings. The number of hydrogen-bond acceptors (Lipinski definition) is 1. The van der Waals surface area contributed by atoms with Crippen LogP contribution in [-0.4, -0.2) is 0 Å². The zero-order valence-corrected chi connectivity index (χ0v) is 12.4. The summed E-state index contributed by atoms with van der Waals surface area (Å²) >= 11 is 8.48. The van der Waals surface area contributed by atoms with Gasteiger partial charge in [0, 0.05) is 20.3 Å². The molecule has 0 saturated heterocycles. The van der Waals surface area contributed by atoms with Gasteiger partial charge < -0.3 is 5.32 Å². The van der Waals surface area contributed by atoms with E-state index >= 15 is 0 Å². The first kappa shape index (κ1) is 12.7. The summed E-state index contributed by atoms with van der Waals surface area (Å²) in [4.78, 5) is 0. The van der Waals surface area contributed by atoms with Gasteiger partial charge in [0.2, 0.25) is 0 Å². The maximum Gasteiger partial charge on any atom is 0.0500 e. The third-order valence-electron chi connectivity index (χ3n) is 2.58. The van der Waals surface area contributed by atoms with Crippen LogP contribution in [0, 0.1) is 3.57 Å². The normalized spacial score (nSPS) is 12.2. The Morgan fingerprint density at radius 2 is 1.88 bits per heavy atom. The molecule has 88 valence electrons. The summed E-state index contributed by atoms with van der Waals surface area (Å²) in [5.74, 6) is 0. The first-order valence-corrected chi connectivity index (χ1v) is 6.89. The van der Waals surface area contributed by atoms with Crippen LogP contribution in [0.5, 0.6) is 0 Å². The molecule has 0 fully saturated rings. The standard InChI is InChI=1S/C14H13ClIN/c1-10(13-7-2-3-8-14(13)15)17-12-6-4-5-11(16)9-12/h2-10,17H,1H3. The maximum absolute atomic E-state index is 6.18. The van der Waals surface area contributed by atoms with Gasteiger partial charge >= 0.3 is 0 Å². The minimum absolute atomic E-state index is 0.196. The molecular weight excluding hydrogens is 345 g/mol. The van der Waals surface area contributed by atoms with E-state index < -0.39 is 0 Å². The van der Waals surface area contributed by atoms with E-state index in [1.165, 1.54) is 3.57 Å². The van der Waals surface area contributed by atoms with E-state index in [0.29, 0.717) is 0 Å².